The average molecular weight is 424 g/mol. The summed E-state index contributed by atoms with van der Waals surface area (Å²) in [6.45, 7) is 0.183. The maximum absolute atomic E-state index is 12.4. The maximum atomic E-state index is 12.4. The van der Waals surface area contributed by atoms with Crippen molar-refractivity contribution in [2.75, 3.05) is 16.8 Å². The molecule has 0 bridgehead atoms. The highest BCUT2D eigenvalue weighted by molar-refractivity contribution is 7.92. The van der Waals surface area contributed by atoms with Gasteiger partial charge in [0.2, 0.25) is 18.6 Å². The number of nitrogens with zero attached hydrogens (tertiary/aromatic N) is 2. The topological polar surface area (TPSA) is 120 Å². The Balaban J connectivity index is 1.39. The number of ether oxygens (including phenoxy) is 2. The highest BCUT2D eigenvalue weighted by Crippen LogP contribution is 2.32. The van der Waals surface area contributed by atoms with Crippen molar-refractivity contribution in [2.45, 2.75) is 4.90 Å². The van der Waals surface area contributed by atoms with Crippen molar-refractivity contribution < 1.29 is 22.7 Å². The molecule has 2 N–H and O–H groups in total. The summed E-state index contributed by atoms with van der Waals surface area (Å²) in [5, 5.41) is 2.67. The zero-order valence-electron chi connectivity index (χ0n) is 15.5. The molecule has 0 atom stereocenters. The van der Waals surface area contributed by atoms with E-state index in [1.54, 1.807) is 30.3 Å². The smallest absolute Gasteiger partial charge is 0.264 e. The van der Waals surface area contributed by atoms with Gasteiger partial charge < -0.3 is 14.8 Å². The summed E-state index contributed by atoms with van der Waals surface area (Å²) >= 11 is 0. The Morgan fingerprint density at radius 2 is 1.73 bits per heavy atom. The van der Waals surface area contributed by atoms with Gasteiger partial charge in [-0.05, 0) is 54.1 Å². The zero-order chi connectivity index (χ0) is 21.0. The minimum absolute atomic E-state index is 0.0175. The van der Waals surface area contributed by atoms with Crippen molar-refractivity contribution >= 4 is 33.6 Å². The van der Waals surface area contributed by atoms with Crippen LogP contribution in [-0.4, -0.2) is 31.1 Å². The summed E-state index contributed by atoms with van der Waals surface area (Å²) in [6.07, 6.45) is 5.87. The largest absolute Gasteiger partial charge is 0.454 e. The Kier molecular flexibility index (Phi) is 5.31. The van der Waals surface area contributed by atoms with Crippen LogP contribution in [0.1, 0.15) is 5.56 Å². The number of carbonyl (C=O) groups excluding carboxylic acids is 1. The minimum atomic E-state index is -3.83. The maximum Gasteiger partial charge on any atom is 0.264 e. The third kappa shape index (κ3) is 4.55. The number of amides is 1. The lowest BCUT2D eigenvalue weighted by molar-refractivity contribution is -0.111. The van der Waals surface area contributed by atoms with Crippen LogP contribution in [0.5, 0.6) is 11.5 Å². The monoisotopic (exact) mass is 424 g/mol. The number of hydrogen-bond donors (Lipinski definition) is 2. The first-order valence-corrected chi connectivity index (χ1v) is 10.3. The molecule has 10 heteroatoms. The van der Waals surface area contributed by atoms with Gasteiger partial charge in [-0.1, -0.05) is 6.07 Å². The second-order valence-corrected chi connectivity index (χ2v) is 7.82. The molecule has 3 aromatic rings. The molecule has 0 fully saturated rings. The van der Waals surface area contributed by atoms with Gasteiger partial charge in [-0.2, -0.15) is 0 Å². The second kappa shape index (κ2) is 8.21. The van der Waals surface area contributed by atoms with Gasteiger partial charge in [-0.25, -0.2) is 23.1 Å². The third-order valence-corrected chi connectivity index (χ3v) is 5.39. The van der Waals surface area contributed by atoms with E-state index in [2.05, 4.69) is 20.0 Å². The molecule has 152 valence electrons. The first-order chi connectivity index (χ1) is 14.5. The van der Waals surface area contributed by atoms with Crippen molar-refractivity contribution in [3.63, 3.8) is 0 Å². The predicted molar refractivity (Wildman–Crippen MR) is 110 cm³/mol. The molecule has 9 nitrogen and oxygen atoms in total. The van der Waals surface area contributed by atoms with Crippen LogP contribution in [0.4, 0.5) is 11.6 Å². The Morgan fingerprint density at radius 3 is 2.50 bits per heavy atom. The van der Waals surface area contributed by atoms with E-state index in [0.29, 0.717) is 17.2 Å². The molecule has 0 saturated heterocycles. The first-order valence-electron chi connectivity index (χ1n) is 8.78. The molecule has 1 aromatic heterocycles. The molecular weight excluding hydrogens is 408 g/mol. The zero-order valence-corrected chi connectivity index (χ0v) is 16.3. The summed E-state index contributed by atoms with van der Waals surface area (Å²) in [5.74, 6) is 0.909. The van der Waals surface area contributed by atoms with E-state index in [4.69, 9.17) is 9.47 Å². The number of hydrogen-bond acceptors (Lipinski definition) is 7. The summed E-state index contributed by atoms with van der Waals surface area (Å²) < 4.78 is 37.6. The van der Waals surface area contributed by atoms with Gasteiger partial charge in [0.05, 0.1) is 4.90 Å². The van der Waals surface area contributed by atoms with E-state index >= 15 is 0 Å². The van der Waals surface area contributed by atoms with Gasteiger partial charge in [-0.3, -0.25) is 4.79 Å². The molecule has 2 aromatic carbocycles. The first kappa shape index (κ1) is 19.4. The SMILES string of the molecule is O=C(/C=C/c1ccc2c(c1)OCO2)Nc1ccc(S(=O)(=O)Nc2ncccn2)cc1. The number of fused-ring (bicyclic) bond motifs is 1. The standard InChI is InChI=1S/C20H16N4O5S/c25-19(9-3-14-2-8-17-18(12-14)29-13-28-17)23-15-4-6-16(7-5-15)30(26,27)24-20-21-10-1-11-22-20/h1-12H,13H2,(H,23,25)(H,21,22,24)/b9-3+. The Bertz CT molecular complexity index is 1200. The molecule has 30 heavy (non-hydrogen) atoms. The number of benzene rings is 2. The Labute approximate surface area is 172 Å². The van der Waals surface area contributed by atoms with E-state index in [1.807, 2.05) is 0 Å². The molecule has 1 aliphatic heterocycles. The summed E-state index contributed by atoms with van der Waals surface area (Å²) in [4.78, 5) is 19.8. The van der Waals surface area contributed by atoms with Crippen LogP contribution < -0.4 is 19.5 Å². The average Bonchev–Trinajstić information content (AvgIpc) is 3.21. The van der Waals surface area contributed by atoms with Crippen LogP contribution in [0.25, 0.3) is 6.08 Å². The molecule has 0 unspecified atom stereocenters. The van der Waals surface area contributed by atoms with Gasteiger partial charge in [0.15, 0.2) is 11.5 Å². The van der Waals surface area contributed by atoms with Crippen LogP contribution in [0, 0.1) is 0 Å². The van der Waals surface area contributed by atoms with E-state index in [1.165, 1.54) is 42.7 Å². The lowest BCUT2D eigenvalue weighted by Crippen LogP contribution is -2.15. The number of rotatable bonds is 6. The summed E-state index contributed by atoms with van der Waals surface area (Å²) in [7, 11) is -3.83. The fraction of sp³-hybridized carbons (Fsp3) is 0.0500. The molecule has 0 radical (unpaired) electrons. The normalized spacial score (nSPS) is 12.7. The molecular formula is C20H16N4O5S. The number of aromatic nitrogens is 2. The quantitative estimate of drug-likeness (QED) is 0.584. The van der Waals surface area contributed by atoms with Gasteiger partial charge in [0.1, 0.15) is 0 Å². The molecule has 0 aliphatic carbocycles. The van der Waals surface area contributed by atoms with E-state index in [0.717, 1.165) is 5.56 Å². The van der Waals surface area contributed by atoms with E-state index in [-0.39, 0.29) is 23.5 Å². The highest BCUT2D eigenvalue weighted by Gasteiger charge is 2.15. The molecule has 2 heterocycles. The Hall–Kier alpha value is -3.92. The van der Waals surface area contributed by atoms with Gasteiger partial charge >= 0.3 is 0 Å². The molecule has 1 aliphatic rings. The van der Waals surface area contributed by atoms with Crippen molar-refractivity contribution in [1.82, 2.24) is 9.97 Å². The van der Waals surface area contributed by atoms with Crippen LogP contribution >= 0.6 is 0 Å². The minimum Gasteiger partial charge on any atom is -0.454 e. The molecule has 0 saturated carbocycles. The molecule has 0 spiro atoms. The third-order valence-electron chi connectivity index (χ3n) is 4.05. The van der Waals surface area contributed by atoms with E-state index < -0.39 is 10.0 Å². The van der Waals surface area contributed by atoms with E-state index in [9.17, 15) is 13.2 Å². The van der Waals surface area contributed by atoms with Gasteiger partial charge in [0, 0.05) is 24.2 Å². The van der Waals surface area contributed by atoms with Crippen molar-refractivity contribution in [3.05, 3.63) is 72.6 Å². The van der Waals surface area contributed by atoms with Crippen molar-refractivity contribution in [1.29, 1.82) is 0 Å². The molecule has 1 amide bonds. The van der Waals surface area contributed by atoms with Crippen LogP contribution in [0.3, 0.4) is 0 Å². The summed E-state index contributed by atoms with van der Waals surface area (Å²) in [6, 6.07) is 12.7. The van der Waals surface area contributed by atoms with Crippen molar-refractivity contribution in [2.24, 2.45) is 0 Å². The second-order valence-electron chi connectivity index (χ2n) is 6.14. The lowest BCUT2D eigenvalue weighted by Gasteiger charge is -2.07. The predicted octanol–water partition coefficient (Wildman–Crippen LogP) is 2.66. The number of sulfonamides is 1. The van der Waals surface area contributed by atoms with Crippen molar-refractivity contribution in [3.8, 4) is 11.5 Å². The molecule has 4 rings (SSSR count). The van der Waals surface area contributed by atoms with Gasteiger partial charge in [0.25, 0.3) is 10.0 Å². The fourth-order valence-corrected chi connectivity index (χ4v) is 3.58. The fourth-order valence-electron chi connectivity index (χ4n) is 2.62. The number of carbonyl (C=O) groups is 1. The summed E-state index contributed by atoms with van der Waals surface area (Å²) in [5.41, 5.74) is 1.23. The number of anilines is 2. The van der Waals surface area contributed by atoms with Crippen LogP contribution in [0.2, 0.25) is 0 Å². The van der Waals surface area contributed by atoms with Crippen LogP contribution in [-0.2, 0) is 14.8 Å². The van der Waals surface area contributed by atoms with Crippen LogP contribution in [0.15, 0.2) is 71.9 Å². The lowest BCUT2D eigenvalue weighted by atomic mass is 10.2. The van der Waals surface area contributed by atoms with Gasteiger partial charge in [-0.15, -0.1) is 0 Å². The highest BCUT2D eigenvalue weighted by atomic mass is 32.2. The Morgan fingerprint density at radius 1 is 1.00 bits per heavy atom. The number of nitrogens with one attached hydrogen (secondary N) is 2.